The van der Waals surface area contributed by atoms with Gasteiger partial charge in [-0.2, -0.15) is 0 Å². The molecule has 0 saturated carbocycles. The summed E-state index contributed by atoms with van der Waals surface area (Å²) < 4.78 is 0. The number of thiophene rings is 1. The Hall–Kier alpha value is -1.39. The lowest BCUT2D eigenvalue weighted by molar-refractivity contribution is 0.424. The van der Waals surface area contributed by atoms with E-state index in [0.717, 1.165) is 19.5 Å². The molecule has 2 rings (SSSR count). The van der Waals surface area contributed by atoms with E-state index in [1.165, 1.54) is 16.1 Å². The highest BCUT2D eigenvalue weighted by Gasteiger charge is 2.12. The molecule has 2 aromatic heterocycles. The van der Waals surface area contributed by atoms with Crippen molar-refractivity contribution in [2.45, 2.75) is 39.3 Å². The lowest BCUT2D eigenvalue weighted by atomic mass is 10.1. The topological polar surface area (TPSA) is 28.2 Å². The predicted molar refractivity (Wildman–Crippen MR) is 92.1 cm³/mol. The Kier molecular flexibility index (Phi) is 5.37. The number of aromatic nitrogens is 1. The molecule has 2 heterocycles. The summed E-state index contributed by atoms with van der Waals surface area (Å²) in [4.78, 5) is 8.03. The minimum Gasteiger partial charge on any atom is -0.374 e. The number of hydrogen-bond donors (Lipinski definition) is 1. The summed E-state index contributed by atoms with van der Waals surface area (Å²) in [5.74, 6) is 0. The van der Waals surface area contributed by atoms with Crippen LogP contribution in [0.2, 0.25) is 0 Å². The first-order chi connectivity index (χ1) is 9.96. The largest absolute Gasteiger partial charge is 0.374 e. The summed E-state index contributed by atoms with van der Waals surface area (Å²) >= 11 is 1.83. The number of nitrogens with zero attached hydrogens (tertiary/aromatic N) is 2. The van der Waals surface area contributed by atoms with E-state index >= 15 is 0 Å². The highest BCUT2D eigenvalue weighted by atomic mass is 32.1. The first-order valence-electron chi connectivity index (χ1n) is 7.37. The molecular weight excluding hydrogens is 278 g/mol. The van der Waals surface area contributed by atoms with Gasteiger partial charge in [0.15, 0.2) is 0 Å². The van der Waals surface area contributed by atoms with Gasteiger partial charge in [-0.05, 0) is 44.7 Å². The molecule has 0 fully saturated rings. The summed E-state index contributed by atoms with van der Waals surface area (Å²) in [5.41, 5.74) is 2.63. The average Bonchev–Trinajstić information content (AvgIpc) is 2.95. The van der Waals surface area contributed by atoms with Gasteiger partial charge in [0.05, 0.1) is 0 Å². The van der Waals surface area contributed by atoms with Crippen LogP contribution in [0.3, 0.4) is 0 Å². The lowest BCUT2D eigenvalue weighted by Crippen LogP contribution is -2.35. The summed E-state index contributed by atoms with van der Waals surface area (Å²) in [6, 6.07) is 6.42. The Labute approximate surface area is 132 Å². The molecule has 0 spiro atoms. The molecule has 0 aliphatic heterocycles. The lowest BCUT2D eigenvalue weighted by Gasteiger charge is -2.25. The van der Waals surface area contributed by atoms with Crippen molar-refractivity contribution in [3.63, 3.8) is 0 Å². The number of hydrogen-bond acceptors (Lipinski definition) is 4. The van der Waals surface area contributed by atoms with E-state index in [4.69, 9.17) is 0 Å². The third-order valence-electron chi connectivity index (χ3n) is 3.37. The van der Waals surface area contributed by atoms with E-state index in [1.54, 1.807) is 0 Å². The first kappa shape index (κ1) is 16.0. The van der Waals surface area contributed by atoms with E-state index in [1.807, 2.05) is 23.7 Å². The van der Waals surface area contributed by atoms with Crippen LogP contribution in [-0.4, -0.2) is 24.1 Å². The van der Waals surface area contributed by atoms with E-state index in [9.17, 15) is 0 Å². The number of rotatable bonds is 6. The second kappa shape index (κ2) is 7.05. The van der Waals surface area contributed by atoms with Crippen molar-refractivity contribution in [2.24, 2.45) is 0 Å². The zero-order chi connectivity index (χ0) is 15.3. The SMILES string of the molecule is CN(CCc1cccs1)c1ccncc1CNC(C)(C)C. The summed E-state index contributed by atoms with van der Waals surface area (Å²) in [7, 11) is 2.16. The van der Waals surface area contributed by atoms with Crippen molar-refractivity contribution in [1.29, 1.82) is 0 Å². The maximum atomic E-state index is 4.27. The molecule has 0 amide bonds. The monoisotopic (exact) mass is 303 g/mol. The second-order valence-corrected chi connectivity index (χ2v) is 7.39. The molecule has 21 heavy (non-hydrogen) atoms. The standard InChI is InChI=1S/C17H25N3S/c1-17(2,3)19-13-14-12-18-9-7-16(14)20(4)10-8-15-6-5-11-21-15/h5-7,9,11-12,19H,8,10,13H2,1-4H3. The Morgan fingerprint density at radius 2 is 2.10 bits per heavy atom. The Bertz CT molecular complexity index is 543. The molecule has 3 nitrogen and oxygen atoms in total. The Morgan fingerprint density at radius 3 is 2.76 bits per heavy atom. The molecule has 0 aliphatic rings. The van der Waals surface area contributed by atoms with Gasteiger partial charge in [-0.1, -0.05) is 6.07 Å². The molecule has 1 N–H and O–H groups in total. The molecule has 0 radical (unpaired) electrons. The third kappa shape index (κ3) is 5.14. The van der Waals surface area contributed by atoms with Crippen LogP contribution in [0.1, 0.15) is 31.2 Å². The predicted octanol–water partition coefficient (Wildman–Crippen LogP) is 3.71. The van der Waals surface area contributed by atoms with Gasteiger partial charge in [0.25, 0.3) is 0 Å². The van der Waals surface area contributed by atoms with Crippen LogP contribution in [-0.2, 0) is 13.0 Å². The Balaban J connectivity index is 2.00. The van der Waals surface area contributed by atoms with E-state index in [2.05, 4.69) is 66.6 Å². The fourth-order valence-electron chi connectivity index (χ4n) is 2.14. The van der Waals surface area contributed by atoms with Gasteiger partial charge in [0.1, 0.15) is 0 Å². The molecule has 0 saturated heterocycles. The quantitative estimate of drug-likeness (QED) is 0.882. The van der Waals surface area contributed by atoms with E-state index in [-0.39, 0.29) is 5.54 Å². The molecule has 0 aliphatic carbocycles. The average molecular weight is 303 g/mol. The van der Waals surface area contributed by atoms with Crippen LogP contribution in [0.15, 0.2) is 36.0 Å². The fourth-order valence-corrected chi connectivity index (χ4v) is 2.84. The minimum absolute atomic E-state index is 0.114. The zero-order valence-corrected chi connectivity index (χ0v) is 14.2. The van der Waals surface area contributed by atoms with Crippen molar-refractivity contribution < 1.29 is 0 Å². The van der Waals surface area contributed by atoms with Gasteiger partial charge in [0, 0.05) is 54.2 Å². The van der Waals surface area contributed by atoms with Crippen molar-refractivity contribution in [3.8, 4) is 0 Å². The van der Waals surface area contributed by atoms with Crippen molar-refractivity contribution >= 4 is 17.0 Å². The zero-order valence-electron chi connectivity index (χ0n) is 13.4. The first-order valence-corrected chi connectivity index (χ1v) is 8.25. The molecular formula is C17H25N3S. The highest BCUT2D eigenvalue weighted by Crippen LogP contribution is 2.20. The summed E-state index contributed by atoms with van der Waals surface area (Å²) in [5, 5.41) is 5.68. The molecule has 0 atom stereocenters. The van der Waals surface area contributed by atoms with Gasteiger partial charge < -0.3 is 10.2 Å². The summed E-state index contributed by atoms with van der Waals surface area (Å²) in [6.45, 7) is 8.42. The van der Waals surface area contributed by atoms with Crippen LogP contribution in [0.5, 0.6) is 0 Å². The van der Waals surface area contributed by atoms with Gasteiger partial charge in [-0.25, -0.2) is 0 Å². The Morgan fingerprint density at radius 1 is 1.29 bits per heavy atom. The van der Waals surface area contributed by atoms with Gasteiger partial charge in [-0.15, -0.1) is 11.3 Å². The number of likely N-dealkylation sites (N-methyl/N-ethyl adjacent to an activating group) is 1. The highest BCUT2D eigenvalue weighted by molar-refractivity contribution is 7.09. The van der Waals surface area contributed by atoms with Crippen molar-refractivity contribution in [2.75, 3.05) is 18.5 Å². The van der Waals surface area contributed by atoms with E-state index < -0.39 is 0 Å². The van der Waals surface area contributed by atoms with Crippen LogP contribution >= 0.6 is 11.3 Å². The number of pyridine rings is 1. The maximum absolute atomic E-state index is 4.27. The van der Waals surface area contributed by atoms with Crippen LogP contribution in [0.25, 0.3) is 0 Å². The van der Waals surface area contributed by atoms with Crippen molar-refractivity contribution in [1.82, 2.24) is 10.3 Å². The summed E-state index contributed by atoms with van der Waals surface area (Å²) in [6.07, 6.45) is 4.93. The number of nitrogens with one attached hydrogen (secondary N) is 1. The fraction of sp³-hybridized carbons (Fsp3) is 0.471. The molecule has 2 aromatic rings. The van der Waals surface area contributed by atoms with Crippen LogP contribution in [0, 0.1) is 0 Å². The van der Waals surface area contributed by atoms with Gasteiger partial charge in [-0.3, -0.25) is 4.98 Å². The van der Waals surface area contributed by atoms with Gasteiger partial charge >= 0.3 is 0 Å². The second-order valence-electron chi connectivity index (χ2n) is 6.36. The van der Waals surface area contributed by atoms with Crippen LogP contribution < -0.4 is 10.2 Å². The molecule has 114 valence electrons. The molecule has 0 aromatic carbocycles. The van der Waals surface area contributed by atoms with Gasteiger partial charge in [0.2, 0.25) is 0 Å². The maximum Gasteiger partial charge on any atom is 0.0440 e. The number of anilines is 1. The molecule has 4 heteroatoms. The smallest absolute Gasteiger partial charge is 0.0440 e. The normalized spacial score (nSPS) is 11.6. The molecule has 0 unspecified atom stereocenters. The molecule has 0 bridgehead atoms. The van der Waals surface area contributed by atoms with Crippen LogP contribution in [0.4, 0.5) is 5.69 Å². The van der Waals surface area contributed by atoms with E-state index in [0.29, 0.717) is 0 Å². The van der Waals surface area contributed by atoms with Crippen molar-refractivity contribution in [3.05, 3.63) is 46.4 Å². The minimum atomic E-state index is 0.114. The third-order valence-corrected chi connectivity index (χ3v) is 4.31.